The summed E-state index contributed by atoms with van der Waals surface area (Å²) in [6.45, 7) is 2.16. The van der Waals surface area contributed by atoms with Crippen LogP contribution in [-0.4, -0.2) is 10.8 Å². The summed E-state index contributed by atoms with van der Waals surface area (Å²) in [5.74, 6) is 0.589. The number of rotatable bonds is 3. The van der Waals surface area contributed by atoms with Gasteiger partial charge in [0.15, 0.2) is 5.78 Å². The number of carbonyl (C=O) groups is 1. The quantitative estimate of drug-likeness (QED) is 0.764. The van der Waals surface area contributed by atoms with Gasteiger partial charge in [-0.05, 0) is 24.8 Å². The Kier molecular flexibility index (Phi) is 4.42. The second kappa shape index (κ2) is 6.46. The van der Waals surface area contributed by atoms with E-state index in [1.54, 1.807) is 0 Å². The third-order valence-electron chi connectivity index (χ3n) is 4.92. The average molecular weight is 283 g/mol. The summed E-state index contributed by atoms with van der Waals surface area (Å²) in [5.41, 5.74) is 3.35. The molecule has 0 amide bonds. The van der Waals surface area contributed by atoms with Gasteiger partial charge >= 0.3 is 0 Å². The standard InChI is InChI=1S/C19H25NO/c1-2-14-11-8-12-16-17(13-20-18(14)16)19(21)15-9-6-4-3-5-7-10-15/h8,11-13,15,20H,2-7,9-10H2,1H3. The van der Waals surface area contributed by atoms with E-state index < -0.39 is 0 Å². The molecule has 0 unspecified atom stereocenters. The van der Waals surface area contributed by atoms with E-state index in [1.807, 2.05) is 6.20 Å². The van der Waals surface area contributed by atoms with Gasteiger partial charge in [0.05, 0.1) is 0 Å². The number of Topliss-reactive ketones (excluding diaryl/α,β-unsaturated/α-hetero) is 1. The van der Waals surface area contributed by atoms with E-state index in [0.717, 1.165) is 35.7 Å². The van der Waals surface area contributed by atoms with Gasteiger partial charge in [-0.3, -0.25) is 4.79 Å². The maximum Gasteiger partial charge on any atom is 0.168 e. The predicted octanol–water partition coefficient (Wildman–Crippen LogP) is 5.27. The number of aromatic amines is 1. The van der Waals surface area contributed by atoms with Crippen molar-refractivity contribution in [3.8, 4) is 0 Å². The van der Waals surface area contributed by atoms with Crippen LogP contribution >= 0.6 is 0 Å². The fourth-order valence-electron chi connectivity index (χ4n) is 3.65. The smallest absolute Gasteiger partial charge is 0.168 e. The molecular formula is C19H25NO. The molecule has 2 aromatic rings. The molecule has 1 heterocycles. The molecule has 1 aromatic heterocycles. The Morgan fingerprint density at radius 2 is 1.86 bits per heavy atom. The third kappa shape index (κ3) is 2.90. The van der Waals surface area contributed by atoms with Gasteiger partial charge in [-0.2, -0.15) is 0 Å². The zero-order valence-electron chi connectivity index (χ0n) is 13.0. The predicted molar refractivity (Wildman–Crippen MR) is 87.8 cm³/mol. The van der Waals surface area contributed by atoms with Gasteiger partial charge < -0.3 is 4.98 Å². The zero-order valence-corrected chi connectivity index (χ0v) is 13.0. The SMILES string of the molecule is CCc1cccc2c(C(=O)C3CCCCCCC3)c[nH]c12. The number of benzene rings is 1. The molecule has 1 fully saturated rings. The average Bonchev–Trinajstić information content (AvgIpc) is 2.90. The van der Waals surface area contributed by atoms with Gasteiger partial charge in [0.1, 0.15) is 0 Å². The first kappa shape index (κ1) is 14.4. The van der Waals surface area contributed by atoms with Crippen molar-refractivity contribution in [2.45, 2.75) is 58.3 Å². The normalized spacial score (nSPS) is 17.6. The summed E-state index contributed by atoms with van der Waals surface area (Å²) in [6.07, 6.45) is 11.4. The highest BCUT2D eigenvalue weighted by atomic mass is 16.1. The molecule has 1 aliphatic rings. The second-order valence-electron chi connectivity index (χ2n) is 6.30. The molecule has 21 heavy (non-hydrogen) atoms. The maximum absolute atomic E-state index is 12.9. The lowest BCUT2D eigenvalue weighted by molar-refractivity contribution is 0.0900. The lowest BCUT2D eigenvalue weighted by atomic mass is 9.85. The maximum atomic E-state index is 12.9. The summed E-state index contributed by atoms with van der Waals surface area (Å²) in [4.78, 5) is 16.3. The Morgan fingerprint density at radius 1 is 1.14 bits per heavy atom. The first-order valence-electron chi connectivity index (χ1n) is 8.44. The molecule has 1 saturated carbocycles. The van der Waals surface area contributed by atoms with Crippen LogP contribution in [0.25, 0.3) is 10.9 Å². The number of para-hydroxylation sites is 1. The van der Waals surface area contributed by atoms with Crippen molar-refractivity contribution in [2.24, 2.45) is 5.92 Å². The van der Waals surface area contributed by atoms with Crippen LogP contribution in [0.1, 0.15) is 67.8 Å². The van der Waals surface area contributed by atoms with E-state index in [-0.39, 0.29) is 5.92 Å². The third-order valence-corrected chi connectivity index (χ3v) is 4.92. The topological polar surface area (TPSA) is 32.9 Å². The van der Waals surface area contributed by atoms with E-state index in [0.29, 0.717) is 5.78 Å². The molecule has 1 N–H and O–H groups in total. The van der Waals surface area contributed by atoms with Crippen LogP contribution in [0.3, 0.4) is 0 Å². The van der Waals surface area contributed by atoms with Gasteiger partial charge in [0.2, 0.25) is 0 Å². The van der Waals surface area contributed by atoms with E-state index in [4.69, 9.17) is 0 Å². The lowest BCUT2D eigenvalue weighted by Gasteiger charge is -2.18. The van der Waals surface area contributed by atoms with Gasteiger partial charge in [0, 0.05) is 28.6 Å². The summed E-state index contributed by atoms with van der Waals surface area (Å²) in [7, 11) is 0. The molecule has 0 aliphatic heterocycles. The lowest BCUT2D eigenvalue weighted by Crippen LogP contribution is -2.16. The molecule has 0 radical (unpaired) electrons. The Hall–Kier alpha value is -1.57. The van der Waals surface area contributed by atoms with Crippen molar-refractivity contribution in [1.29, 1.82) is 0 Å². The molecule has 0 atom stereocenters. The van der Waals surface area contributed by atoms with Gasteiger partial charge in [-0.15, -0.1) is 0 Å². The van der Waals surface area contributed by atoms with Crippen LogP contribution in [0.5, 0.6) is 0 Å². The molecule has 2 nitrogen and oxygen atoms in total. The molecule has 0 spiro atoms. The minimum Gasteiger partial charge on any atom is -0.360 e. The van der Waals surface area contributed by atoms with E-state index in [2.05, 4.69) is 30.1 Å². The highest BCUT2D eigenvalue weighted by Crippen LogP contribution is 2.29. The minimum atomic E-state index is 0.231. The number of aromatic nitrogens is 1. The summed E-state index contributed by atoms with van der Waals surface area (Å²) < 4.78 is 0. The van der Waals surface area contributed by atoms with E-state index in [1.165, 1.54) is 37.7 Å². The van der Waals surface area contributed by atoms with Gasteiger partial charge in [0.25, 0.3) is 0 Å². The summed E-state index contributed by atoms with van der Waals surface area (Å²) >= 11 is 0. The number of hydrogen-bond acceptors (Lipinski definition) is 1. The van der Waals surface area contributed by atoms with Crippen LogP contribution in [0, 0.1) is 5.92 Å². The monoisotopic (exact) mass is 283 g/mol. The first-order valence-corrected chi connectivity index (χ1v) is 8.44. The fraction of sp³-hybridized carbons (Fsp3) is 0.526. The van der Waals surface area contributed by atoms with E-state index >= 15 is 0 Å². The van der Waals surface area contributed by atoms with Crippen molar-refractivity contribution in [2.75, 3.05) is 0 Å². The van der Waals surface area contributed by atoms with Crippen molar-refractivity contribution >= 4 is 16.7 Å². The highest BCUT2D eigenvalue weighted by molar-refractivity contribution is 6.09. The van der Waals surface area contributed by atoms with Crippen molar-refractivity contribution in [3.05, 3.63) is 35.5 Å². The molecule has 2 heteroatoms. The first-order chi connectivity index (χ1) is 10.3. The molecule has 0 bridgehead atoms. The molecular weight excluding hydrogens is 258 g/mol. The Balaban J connectivity index is 1.90. The largest absolute Gasteiger partial charge is 0.360 e. The molecule has 3 rings (SSSR count). The number of carbonyl (C=O) groups excluding carboxylic acids is 1. The van der Waals surface area contributed by atoms with Crippen LogP contribution in [0.4, 0.5) is 0 Å². The van der Waals surface area contributed by atoms with Crippen LogP contribution in [0.15, 0.2) is 24.4 Å². The Bertz CT molecular complexity index is 618. The molecule has 0 saturated heterocycles. The molecule has 1 aliphatic carbocycles. The molecule has 1 aromatic carbocycles. The minimum absolute atomic E-state index is 0.231. The van der Waals surface area contributed by atoms with Crippen LogP contribution in [-0.2, 0) is 6.42 Å². The van der Waals surface area contributed by atoms with Crippen molar-refractivity contribution in [3.63, 3.8) is 0 Å². The highest BCUT2D eigenvalue weighted by Gasteiger charge is 2.23. The van der Waals surface area contributed by atoms with Crippen LogP contribution < -0.4 is 0 Å². The number of aryl methyl sites for hydroxylation is 1. The van der Waals surface area contributed by atoms with Crippen molar-refractivity contribution in [1.82, 2.24) is 4.98 Å². The summed E-state index contributed by atoms with van der Waals surface area (Å²) in [6, 6.07) is 6.30. The van der Waals surface area contributed by atoms with Gasteiger partial charge in [-0.25, -0.2) is 0 Å². The number of nitrogens with one attached hydrogen (secondary N) is 1. The van der Waals surface area contributed by atoms with Gasteiger partial charge in [-0.1, -0.05) is 57.2 Å². The fourth-order valence-corrected chi connectivity index (χ4v) is 3.65. The Labute approximate surface area is 126 Å². The number of hydrogen-bond donors (Lipinski definition) is 1. The van der Waals surface area contributed by atoms with Crippen LogP contribution in [0.2, 0.25) is 0 Å². The number of ketones is 1. The van der Waals surface area contributed by atoms with Crippen molar-refractivity contribution < 1.29 is 4.79 Å². The number of H-pyrrole nitrogens is 1. The summed E-state index contributed by atoms with van der Waals surface area (Å²) in [5, 5.41) is 1.11. The zero-order chi connectivity index (χ0) is 14.7. The number of fused-ring (bicyclic) bond motifs is 1. The second-order valence-corrected chi connectivity index (χ2v) is 6.30. The Morgan fingerprint density at radius 3 is 2.57 bits per heavy atom. The van der Waals surface area contributed by atoms with E-state index in [9.17, 15) is 4.79 Å². The molecule has 112 valence electrons.